The van der Waals surface area contributed by atoms with Gasteiger partial charge in [-0.2, -0.15) is 0 Å². The van der Waals surface area contributed by atoms with Crippen LogP contribution in [-0.2, 0) is 6.54 Å². The van der Waals surface area contributed by atoms with Gasteiger partial charge in [-0.3, -0.25) is 4.98 Å². The molecule has 0 bridgehead atoms. The lowest BCUT2D eigenvalue weighted by molar-refractivity contribution is 0.463. The van der Waals surface area contributed by atoms with Gasteiger partial charge in [0.2, 0.25) is 0 Å². The predicted octanol–water partition coefficient (Wildman–Crippen LogP) is 5.18. The highest BCUT2D eigenvalue weighted by Gasteiger charge is 2.08. The summed E-state index contributed by atoms with van der Waals surface area (Å²) in [6, 6.07) is 21.5. The van der Waals surface area contributed by atoms with Gasteiger partial charge in [-0.15, -0.1) is 12.6 Å². The number of hydrogen-bond donors (Lipinski definition) is 3. The van der Waals surface area contributed by atoms with Crippen molar-refractivity contribution in [2.75, 3.05) is 17.7 Å². The summed E-state index contributed by atoms with van der Waals surface area (Å²) in [5, 5.41) is 8.84. The second kappa shape index (κ2) is 10.4. The molecule has 0 saturated carbocycles. The van der Waals surface area contributed by atoms with Crippen LogP contribution in [0.5, 0.6) is 5.75 Å². The fourth-order valence-corrected chi connectivity index (χ4v) is 3.08. The number of halogens is 1. The minimum absolute atomic E-state index is 0.223. The molecule has 7 heteroatoms. The second-order valence-corrected chi connectivity index (χ2v) is 7.27. The van der Waals surface area contributed by atoms with Crippen LogP contribution >= 0.6 is 12.6 Å². The van der Waals surface area contributed by atoms with Crippen LogP contribution in [0.15, 0.2) is 90.1 Å². The molecule has 4 rings (SSSR count). The molecule has 3 N–H and O–H groups in total. The Hall–Kier alpha value is -3.58. The third-order valence-corrected chi connectivity index (χ3v) is 4.90. The molecule has 0 atom stereocenters. The maximum absolute atomic E-state index is 13.8. The number of hydrogen-bond acceptors (Lipinski definition) is 6. The molecular weight excluding hydrogens is 411 g/mol. The summed E-state index contributed by atoms with van der Waals surface area (Å²) in [5.41, 5.74) is 9.07. The highest BCUT2D eigenvalue weighted by molar-refractivity contribution is 7.80. The van der Waals surface area contributed by atoms with E-state index < -0.39 is 0 Å². The number of rotatable bonds is 4. The number of benzene rings is 3. The summed E-state index contributed by atoms with van der Waals surface area (Å²) >= 11 is 3.95. The first kappa shape index (κ1) is 22.1. The normalized spacial score (nSPS) is 10.2. The number of phenolic OH excluding ortho intramolecular Hbond substituents is 1. The third-order valence-electron chi connectivity index (χ3n) is 4.52. The molecule has 0 fully saturated rings. The van der Waals surface area contributed by atoms with E-state index in [1.807, 2.05) is 48.3 Å². The van der Waals surface area contributed by atoms with Crippen molar-refractivity contribution in [3.63, 3.8) is 0 Å². The number of nitrogens with zero attached hydrogens (tertiary/aromatic N) is 3. The number of aromatic hydroxyl groups is 1. The van der Waals surface area contributed by atoms with E-state index in [1.165, 1.54) is 6.07 Å². The smallest absolute Gasteiger partial charge is 0.149 e. The van der Waals surface area contributed by atoms with E-state index in [9.17, 15) is 4.39 Å². The fourth-order valence-electron chi connectivity index (χ4n) is 2.92. The molecule has 0 spiro atoms. The summed E-state index contributed by atoms with van der Waals surface area (Å²) in [6.45, 7) is 0.608. The van der Waals surface area contributed by atoms with Gasteiger partial charge in [-0.05, 0) is 29.8 Å². The Morgan fingerprint density at radius 1 is 0.935 bits per heavy atom. The monoisotopic (exact) mass is 434 g/mol. The average Bonchev–Trinajstić information content (AvgIpc) is 2.77. The molecule has 4 aromatic rings. The molecule has 0 radical (unpaired) electrons. The third kappa shape index (κ3) is 5.96. The Morgan fingerprint density at radius 3 is 2.19 bits per heavy atom. The molecule has 3 aromatic carbocycles. The molecule has 0 aliphatic heterocycles. The van der Waals surface area contributed by atoms with Crippen molar-refractivity contribution in [1.29, 1.82) is 0 Å². The summed E-state index contributed by atoms with van der Waals surface area (Å²) < 4.78 is 13.8. The predicted molar refractivity (Wildman–Crippen MR) is 126 cm³/mol. The maximum atomic E-state index is 13.8. The van der Waals surface area contributed by atoms with Crippen molar-refractivity contribution in [2.24, 2.45) is 0 Å². The Bertz CT molecular complexity index is 1120. The molecule has 0 unspecified atom stereocenters. The average molecular weight is 435 g/mol. The molecule has 31 heavy (non-hydrogen) atoms. The van der Waals surface area contributed by atoms with E-state index in [2.05, 4.69) is 22.6 Å². The zero-order valence-corrected chi connectivity index (χ0v) is 17.9. The van der Waals surface area contributed by atoms with E-state index in [0.717, 1.165) is 11.1 Å². The van der Waals surface area contributed by atoms with Gasteiger partial charge >= 0.3 is 0 Å². The maximum Gasteiger partial charge on any atom is 0.149 e. The minimum Gasteiger partial charge on any atom is -0.507 e. The molecule has 0 aliphatic carbocycles. The van der Waals surface area contributed by atoms with Crippen molar-refractivity contribution in [3.05, 3.63) is 96.6 Å². The Labute approximate surface area is 186 Å². The van der Waals surface area contributed by atoms with E-state index in [0.29, 0.717) is 28.6 Å². The van der Waals surface area contributed by atoms with Crippen LogP contribution in [0.3, 0.4) is 0 Å². The first-order valence-electron chi connectivity index (χ1n) is 9.54. The van der Waals surface area contributed by atoms with Gasteiger partial charge in [-0.25, -0.2) is 9.37 Å². The first-order valence-corrected chi connectivity index (χ1v) is 9.99. The number of thiol groups is 1. The van der Waals surface area contributed by atoms with Crippen molar-refractivity contribution >= 4 is 24.1 Å². The molecule has 1 heterocycles. The van der Waals surface area contributed by atoms with Crippen LogP contribution < -0.4 is 10.6 Å². The van der Waals surface area contributed by atoms with Crippen LogP contribution in [-0.4, -0.2) is 22.1 Å². The molecule has 0 saturated heterocycles. The SMILES string of the molecule is CN(Cc1ccc(-c2nccnc2N)cc1)c1ccccc1F.Oc1ccccc1S. The lowest BCUT2D eigenvalue weighted by Crippen LogP contribution is -2.17. The lowest BCUT2D eigenvalue weighted by Gasteiger charge is -2.20. The molecule has 1 aromatic heterocycles. The van der Waals surface area contributed by atoms with Gasteiger partial charge in [-0.1, -0.05) is 48.5 Å². The van der Waals surface area contributed by atoms with Crippen LogP contribution in [0.4, 0.5) is 15.9 Å². The lowest BCUT2D eigenvalue weighted by atomic mass is 10.1. The largest absolute Gasteiger partial charge is 0.507 e. The quantitative estimate of drug-likeness (QED) is 0.386. The van der Waals surface area contributed by atoms with E-state index in [4.69, 9.17) is 10.8 Å². The Morgan fingerprint density at radius 2 is 1.58 bits per heavy atom. The molecule has 5 nitrogen and oxygen atoms in total. The van der Waals surface area contributed by atoms with Gasteiger partial charge in [0.25, 0.3) is 0 Å². The van der Waals surface area contributed by atoms with Gasteiger partial charge in [0.1, 0.15) is 23.1 Å². The second-order valence-electron chi connectivity index (χ2n) is 6.78. The van der Waals surface area contributed by atoms with Gasteiger partial charge in [0.05, 0.1) is 5.69 Å². The van der Waals surface area contributed by atoms with Crippen LogP contribution in [0, 0.1) is 5.82 Å². The van der Waals surface area contributed by atoms with Gasteiger partial charge in [0.15, 0.2) is 0 Å². The number of nitrogens with two attached hydrogens (primary N) is 1. The van der Waals surface area contributed by atoms with E-state index in [1.54, 1.807) is 42.7 Å². The van der Waals surface area contributed by atoms with Gasteiger partial charge in [0, 0.05) is 36.4 Å². The van der Waals surface area contributed by atoms with E-state index in [-0.39, 0.29) is 11.6 Å². The molecule has 158 valence electrons. The number of para-hydroxylation sites is 2. The fraction of sp³-hybridized carbons (Fsp3) is 0.0833. The topological polar surface area (TPSA) is 75.3 Å². The van der Waals surface area contributed by atoms with Crippen molar-refractivity contribution < 1.29 is 9.50 Å². The van der Waals surface area contributed by atoms with Gasteiger partial charge < -0.3 is 15.7 Å². The minimum atomic E-state index is -0.223. The van der Waals surface area contributed by atoms with Crippen molar-refractivity contribution in [1.82, 2.24) is 9.97 Å². The summed E-state index contributed by atoms with van der Waals surface area (Å²) in [6.07, 6.45) is 3.18. The van der Waals surface area contributed by atoms with Crippen LogP contribution in [0.2, 0.25) is 0 Å². The number of nitrogen functional groups attached to an aromatic ring is 1. The molecule has 0 aliphatic rings. The number of phenols is 1. The Balaban J connectivity index is 0.000000287. The number of aromatic nitrogens is 2. The van der Waals surface area contributed by atoms with Crippen LogP contribution in [0.1, 0.15) is 5.56 Å². The highest BCUT2D eigenvalue weighted by Crippen LogP contribution is 2.23. The van der Waals surface area contributed by atoms with E-state index >= 15 is 0 Å². The Kier molecular flexibility index (Phi) is 7.45. The van der Waals surface area contributed by atoms with Crippen molar-refractivity contribution in [2.45, 2.75) is 11.4 Å². The molecule has 0 amide bonds. The zero-order chi connectivity index (χ0) is 22.2. The first-order chi connectivity index (χ1) is 15.0. The zero-order valence-electron chi connectivity index (χ0n) is 17.0. The number of anilines is 2. The summed E-state index contributed by atoms with van der Waals surface area (Å²) in [5.74, 6) is 0.415. The highest BCUT2D eigenvalue weighted by atomic mass is 32.1. The van der Waals surface area contributed by atoms with Crippen molar-refractivity contribution in [3.8, 4) is 17.0 Å². The van der Waals surface area contributed by atoms with Crippen LogP contribution in [0.25, 0.3) is 11.3 Å². The standard InChI is InChI=1S/C18H17FN4.C6H6OS/c1-23(16-5-3-2-4-15(16)19)12-13-6-8-14(9-7-13)17-18(20)22-11-10-21-17;7-5-3-1-2-4-6(5)8/h2-11H,12H2,1H3,(H2,20,22);1-4,7-8H. The molecular formula is C24H23FN4OS. The summed E-state index contributed by atoms with van der Waals surface area (Å²) in [7, 11) is 1.87. The summed E-state index contributed by atoms with van der Waals surface area (Å²) in [4.78, 5) is 10.8.